The van der Waals surface area contributed by atoms with E-state index in [0.29, 0.717) is 6.10 Å². The summed E-state index contributed by atoms with van der Waals surface area (Å²) in [7, 11) is 1.84. The molecule has 1 aliphatic carbocycles. The summed E-state index contributed by atoms with van der Waals surface area (Å²) in [6.07, 6.45) is 5.18. The molecule has 0 spiro atoms. The summed E-state index contributed by atoms with van der Waals surface area (Å²) in [6, 6.07) is 0. The highest BCUT2D eigenvalue weighted by Crippen LogP contribution is 2.35. The van der Waals surface area contributed by atoms with Gasteiger partial charge < -0.3 is 10.5 Å². The fourth-order valence-corrected chi connectivity index (χ4v) is 3.94. The number of nitrogens with two attached hydrogens (primary N) is 1. The van der Waals surface area contributed by atoms with Crippen LogP contribution in [0.15, 0.2) is 0 Å². The SMILES string of the molecule is COC1CCCC(CN)(N2CCN(C(C)(C)C)CC2)C1. The minimum absolute atomic E-state index is 0.183. The zero-order valence-corrected chi connectivity index (χ0v) is 13.8. The molecule has 1 saturated heterocycles. The molecule has 4 nitrogen and oxygen atoms in total. The van der Waals surface area contributed by atoms with E-state index < -0.39 is 0 Å². The molecule has 4 heteroatoms. The second-order valence-electron chi connectivity index (χ2n) is 7.53. The molecule has 0 aromatic heterocycles. The van der Waals surface area contributed by atoms with Crippen LogP contribution in [-0.2, 0) is 4.74 Å². The van der Waals surface area contributed by atoms with Crippen LogP contribution in [0.3, 0.4) is 0 Å². The highest BCUT2D eigenvalue weighted by atomic mass is 16.5. The molecule has 2 unspecified atom stereocenters. The van der Waals surface area contributed by atoms with Gasteiger partial charge in [-0.3, -0.25) is 9.80 Å². The summed E-state index contributed by atoms with van der Waals surface area (Å²) in [5.41, 5.74) is 6.66. The Morgan fingerprint density at radius 1 is 1.20 bits per heavy atom. The maximum atomic E-state index is 6.20. The molecule has 1 saturated carbocycles. The summed E-state index contributed by atoms with van der Waals surface area (Å²) in [5, 5.41) is 0. The predicted octanol–water partition coefficient (Wildman–Crippen LogP) is 1.69. The highest BCUT2D eigenvalue weighted by molar-refractivity contribution is 4.99. The van der Waals surface area contributed by atoms with Gasteiger partial charge in [-0.2, -0.15) is 0 Å². The first-order chi connectivity index (χ1) is 9.41. The van der Waals surface area contributed by atoms with Gasteiger partial charge in [0.05, 0.1) is 6.10 Å². The number of piperazine rings is 1. The number of hydrogen-bond acceptors (Lipinski definition) is 4. The van der Waals surface area contributed by atoms with Crippen LogP contribution in [0, 0.1) is 0 Å². The molecule has 1 aliphatic heterocycles. The van der Waals surface area contributed by atoms with Crippen molar-refractivity contribution in [3.8, 4) is 0 Å². The van der Waals surface area contributed by atoms with Crippen LogP contribution in [0.4, 0.5) is 0 Å². The van der Waals surface area contributed by atoms with E-state index >= 15 is 0 Å². The Balaban J connectivity index is 1.99. The molecule has 2 rings (SSSR count). The van der Waals surface area contributed by atoms with Crippen LogP contribution < -0.4 is 5.73 Å². The van der Waals surface area contributed by atoms with Gasteiger partial charge >= 0.3 is 0 Å². The van der Waals surface area contributed by atoms with Crippen molar-refractivity contribution < 1.29 is 4.74 Å². The van der Waals surface area contributed by atoms with Gasteiger partial charge in [0.1, 0.15) is 0 Å². The number of nitrogens with zero attached hydrogens (tertiary/aromatic N) is 2. The Morgan fingerprint density at radius 3 is 2.35 bits per heavy atom. The summed E-state index contributed by atoms with van der Waals surface area (Å²) >= 11 is 0. The molecular weight excluding hydrogens is 250 g/mol. The summed E-state index contributed by atoms with van der Waals surface area (Å²) < 4.78 is 5.62. The topological polar surface area (TPSA) is 41.7 Å². The second kappa shape index (κ2) is 6.30. The minimum atomic E-state index is 0.183. The Morgan fingerprint density at radius 2 is 1.85 bits per heavy atom. The van der Waals surface area contributed by atoms with Crippen molar-refractivity contribution in [2.24, 2.45) is 5.73 Å². The summed E-state index contributed by atoms with van der Waals surface area (Å²) in [4.78, 5) is 5.24. The lowest BCUT2D eigenvalue weighted by Gasteiger charge is -2.52. The Hall–Kier alpha value is -0.160. The van der Waals surface area contributed by atoms with Gasteiger partial charge in [0, 0.05) is 50.9 Å². The van der Waals surface area contributed by atoms with E-state index in [2.05, 4.69) is 30.6 Å². The van der Waals surface area contributed by atoms with Gasteiger partial charge in [-0.05, 0) is 46.5 Å². The normalized spacial score (nSPS) is 34.4. The number of methoxy groups -OCH3 is 1. The molecule has 0 amide bonds. The Bertz CT molecular complexity index is 307. The Kier molecular flexibility index (Phi) is 5.11. The fourth-order valence-electron chi connectivity index (χ4n) is 3.94. The van der Waals surface area contributed by atoms with Crippen LogP contribution >= 0.6 is 0 Å². The van der Waals surface area contributed by atoms with Crippen LogP contribution in [0.2, 0.25) is 0 Å². The van der Waals surface area contributed by atoms with E-state index in [4.69, 9.17) is 10.5 Å². The third-order valence-electron chi connectivity index (χ3n) is 5.39. The first-order valence-corrected chi connectivity index (χ1v) is 8.14. The van der Waals surface area contributed by atoms with Crippen molar-refractivity contribution >= 4 is 0 Å². The quantitative estimate of drug-likeness (QED) is 0.856. The van der Waals surface area contributed by atoms with Gasteiger partial charge in [0.2, 0.25) is 0 Å². The van der Waals surface area contributed by atoms with Crippen molar-refractivity contribution in [2.75, 3.05) is 39.8 Å². The lowest BCUT2D eigenvalue weighted by atomic mass is 9.78. The van der Waals surface area contributed by atoms with E-state index in [9.17, 15) is 0 Å². The van der Waals surface area contributed by atoms with Crippen LogP contribution in [-0.4, -0.2) is 66.8 Å². The second-order valence-corrected chi connectivity index (χ2v) is 7.53. The molecule has 2 atom stereocenters. The van der Waals surface area contributed by atoms with Gasteiger partial charge in [-0.25, -0.2) is 0 Å². The van der Waals surface area contributed by atoms with E-state index in [1.54, 1.807) is 0 Å². The predicted molar refractivity (Wildman–Crippen MR) is 83.9 cm³/mol. The first-order valence-electron chi connectivity index (χ1n) is 8.14. The molecule has 2 fully saturated rings. The molecule has 118 valence electrons. The molecule has 2 N–H and O–H groups in total. The minimum Gasteiger partial charge on any atom is -0.381 e. The average Bonchev–Trinajstić information content (AvgIpc) is 2.46. The maximum absolute atomic E-state index is 6.20. The zero-order valence-electron chi connectivity index (χ0n) is 13.8. The summed E-state index contributed by atoms with van der Waals surface area (Å²) in [5.74, 6) is 0. The third-order valence-corrected chi connectivity index (χ3v) is 5.39. The van der Waals surface area contributed by atoms with Crippen molar-refractivity contribution in [1.82, 2.24) is 9.80 Å². The highest BCUT2D eigenvalue weighted by Gasteiger charge is 2.42. The van der Waals surface area contributed by atoms with Crippen molar-refractivity contribution in [2.45, 2.75) is 63.6 Å². The number of rotatable bonds is 3. The standard InChI is InChI=1S/C16H33N3O/c1-15(2,3)18-8-10-19(11-9-18)16(13-17)7-5-6-14(12-16)20-4/h14H,5-13,17H2,1-4H3. The number of hydrogen-bond donors (Lipinski definition) is 1. The van der Waals surface area contributed by atoms with E-state index in [-0.39, 0.29) is 11.1 Å². The van der Waals surface area contributed by atoms with E-state index in [1.165, 1.54) is 19.3 Å². The monoisotopic (exact) mass is 283 g/mol. The van der Waals surface area contributed by atoms with Crippen LogP contribution in [0.1, 0.15) is 46.5 Å². The van der Waals surface area contributed by atoms with Crippen LogP contribution in [0.25, 0.3) is 0 Å². The van der Waals surface area contributed by atoms with Crippen LogP contribution in [0.5, 0.6) is 0 Å². The molecule has 1 heterocycles. The van der Waals surface area contributed by atoms with E-state index in [1.807, 2.05) is 7.11 Å². The fraction of sp³-hybridized carbons (Fsp3) is 1.00. The zero-order chi connectivity index (χ0) is 14.8. The maximum Gasteiger partial charge on any atom is 0.0589 e. The number of ether oxygens (including phenoxy) is 1. The van der Waals surface area contributed by atoms with E-state index in [0.717, 1.165) is 39.1 Å². The van der Waals surface area contributed by atoms with Gasteiger partial charge in [-0.1, -0.05) is 0 Å². The van der Waals surface area contributed by atoms with Crippen molar-refractivity contribution in [3.63, 3.8) is 0 Å². The van der Waals surface area contributed by atoms with Gasteiger partial charge in [0.15, 0.2) is 0 Å². The molecule has 2 aliphatic rings. The molecule has 20 heavy (non-hydrogen) atoms. The average molecular weight is 283 g/mol. The molecular formula is C16H33N3O. The lowest BCUT2D eigenvalue weighted by molar-refractivity contribution is -0.0501. The third kappa shape index (κ3) is 3.35. The molecule has 0 aromatic rings. The van der Waals surface area contributed by atoms with Gasteiger partial charge in [0.25, 0.3) is 0 Å². The first kappa shape index (κ1) is 16.2. The van der Waals surface area contributed by atoms with Crippen molar-refractivity contribution in [3.05, 3.63) is 0 Å². The summed E-state index contributed by atoms with van der Waals surface area (Å²) in [6.45, 7) is 12.3. The Labute approximate surface area is 124 Å². The lowest BCUT2D eigenvalue weighted by Crippen LogP contribution is -2.64. The molecule has 0 bridgehead atoms. The largest absolute Gasteiger partial charge is 0.381 e. The molecule has 0 radical (unpaired) electrons. The smallest absolute Gasteiger partial charge is 0.0589 e. The van der Waals surface area contributed by atoms with Crippen molar-refractivity contribution in [1.29, 1.82) is 0 Å². The van der Waals surface area contributed by atoms with Gasteiger partial charge in [-0.15, -0.1) is 0 Å². The molecule has 0 aromatic carbocycles.